The zero-order valence-electron chi connectivity index (χ0n) is 19.4. The molecule has 2 aliphatic rings. The Labute approximate surface area is 187 Å². The summed E-state index contributed by atoms with van der Waals surface area (Å²) in [5, 5.41) is 1.20. The third-order valence-corrected chi connectivity index (χ3v) is 5.22. The number of methoxy groups -OCH3 is 1. The number of alkyl halides is 2. The Morgan fingerprint density at radius 2 is 1.97 bits per heavy atom. The summed E-state index contributed by atoms with van der Waals surface area (Å²) < 4.78 is 50.4. The van der Waals surface area contributed by atoms with Crippen molar-refractivity contribution in [3.63, 3.8) is 0 Å². The lowest BCUT2D eigenvalue weighted by atomic mass is 9.99. The molecule has 0 radical (unpaired) electrons. The van der Waals surface area contributed by atoms with Crippen LogP contribution in [0.5, 0.6) is 0 Å². The maximum absolute atomic E-state index is 14.8. The fraction of sp³-hybridized carbons (Fsp3) is 0.810. The van der Waals surface area contributed by atoms with E-state index in [1.165, 1.54) is 18.2 Å². The number of likely N-dealkylation sites (tertiary alicyclic amines) is 1. The lowest BCUT2D eigenvalue weighted by molar-refractivity contribution is -0.192. The van der Waals surface area contributed by atoms with E-state index in [0.717, 1.165) is 4.90 Å². The van der Waals surface area contributed by atoms with Gasteiger partial charge in [0.05, 0.1) is 19.2 Å². The number of hydrogen-bond donors (Lipinski definition) is 0. The molecule has 0 saturated carbocycles. The lowest BCUT2D eigenvalue weighted by Crippen LogP contribution is -2.46. The number of halogens is 2. The summed E-state index contributed by atoms with van der Waals surface area (Å²) in [4.78, 5) is 31.3. The summed E-state index contributed by atoms with van der Waals surface area (Å²) in [5.74, 6) is -3.77. The van der Waals surface area contributed by atoms with Crippen molar-refractivity contribution >= 4 is 12.1 Å². The smallest absolute Gasteiger partial charge is 0.410 e. The maximum Gasteiger partial charge on any atom is 0.410 e. The third kappa shape index (κ3) is 6.37. The van der Waals surface area contributed by atoms with Crippen molar-refractivity contribution in [3.8, 4) is 0 Å². The van der Waals surface area contributed by atoms with E-state index in [4.69, 9.17) is 23.8 Å². The molecule has 2 aliphatic heterocycles. The number of esters is 1. The molecule has 2 rings (SSSR count). The maximum atomic E-state index is 14.8. The normalized spacial score (nSPS) is 24.7. The van der Waals surface area contributed by atoms with E-state index >= 15 is 0 Å². The number of hydroxylamine groups is 2. The molecule has 0 spiro atoms. The van der Waals surface area contributed by atoms with Crippen molar-refractivity contribution in [2.45, 2.75) is 69.7 Å². The van der Waals surface area contributed by atoms with Crippen LogP contribution in [0.3, 0.4) is 0 Å². The average Bonchev–Trinajstić information content (AvgIpc) is 3.22. The van der Waals surface area contributed by atoms with Crippen LogP contribution in [0.15, 0.2) is 12.7 Å². The third-order valence-electron chi connectivity index (χ3n) is 5.22. The lowest BCUT2D eigenvalue weighted by Gasteiger charge is -2.29. The molecule has 9 nitrogen and oxygen atoms in total. The van der Waals surface area contributed by atoms with Gasteiger partial charge in [-0.05, 0) is 40.5 Å². The molecule has 2 heterocycles. The average molecular weight is 465 g/mol. The Morgan fingerprint density at radius 1 is 1.28 bits per heavy atom. The Balaban J connectivity index is 2.01. The number of carbonyl (C=O) groups is 2. The summed E-state index contributed by atoms with van der Waals surface area (Å²) >= 11 is 0. The molecule has 0 bridgehead atoms. The molecular formula is C21H34F2N2O7. The highest BCUT2D eigenvalue weighted by Crippen LogP contribution is 2.41. The van der Waals surface area contributed by atoms with Crippen molar-refractivity contribution in [2.24, 2.45) is 0 Å². The molecular weight excluding hydrogens is 430 g/mol. The molecule has 2 fully saturated rings. The first-order chi connectivity index (χ1) is 14.8. The van der Waals surface area contributed by atoms with Crippen LogP contribution in [0.2, 0.25) is 0 Å². The van der Waals surface area contributed by atoms with Gasteiger partial charge in [0.15, 0.2) is 5.60 Å². The molecule has 3 atom stereocenters. The minimum absolute atomic E-state index is 0.0243. The Bertz CT molecular complexity index is 686. The molecule has 11 heteroatoms. The number of rotatable bonds is 10. The van der Waals surface area contributed by atoms with Gasteiger partial charge in [0.1, 0.15) is 25.0 Å². The van der Waals surface area contributed by atoms with Gasteiger partial charge in [0, 0.05) is 13.7 Å². The van der Waals surface area contributed by atoms with Crippen LogP contribution in [0.4, 0.5) is 13.6 Å². The van der Waals surface area contributed by atoms with Crippen LogP contribution in [0.25, 0.3) is 0 Å². The number of fused-ring (bicyclic) bond motifs is 1. The number of carbonyl (C=O) groups excluding carboxylic acids is 2. The van der Waals surface area contributed by atoms with Crippen LogP contribution >= 0.6 is 0 Å². The highest BCUT2D eigenvalue weighted by Gasteiger charge is 2.62. The molecule has 32 heavy (non-hydrogen) atoms. The van der Waals surface area contributed by atoms with Crippen LogP contribution in [-0.4, -0.2) is 91.4 Å². The molecule has 0 N–H and O–H groups in total. The van der Waals surface area contributed by atoms with Gasteiger partial charge in [0.2, 0.25) is 0 Å². The molecule has 0 aromatic rings. The van der Waals surface area contributed by atoms with Gasteiger partial charge in [-0.25, -0.2) is 18.4 Å². The summed E-state index contributed by atoms with van der Waals surface area (Å²) in [7, 11) is 1.42. The highest BCUT2D eigenvalue weighted by molar-refractivity contribution is 5.79. The van der Waals surface area contributed by atoms with Gasteiger partial charge in [0.25, 0.3) is 5.92 Å². The topological polar surface area (TPSA) is 86.8 Å². The van der Waals surface area contributed by atoms with E-state index in [-0.39, 0.29) is 33.0 Å². The first-order valence-electron chi connectivity index (χ1n) is 10.5. The minimum atomic E-state index is -3.17. The summed E-state index contributed by atoms with van der Waals surface area (Å²) in [6.07, 6.45) is 1.13. The van der Waals surface area contributed by atoms with Crippen molar-refractivity contribution in [3.05, 3.63) is 12.7 Å². The van der Waals surface area contributed by atoms with E-state index < -0.39 is 47.8 Å². The second kappa shape index (κ2) is 10.4. The number of nitrogens with zero attached hydrogens (tertiary/aromatic N) is 2. The number of amides is 1. The fourth-order valence-corrected chi connectivity index (χ4v) is 3.73. The van der Waals surface area contributed by atoms with Gasteiger partial charge in [-0.15, -0.1) is 0 Å². The van der Waals surface area contributed by atoms with E-state index in [1.54, 1.807) is 27.7 Å². The zero-order valence-corrected chi connectivity index (χ0v) is 19.4. The Kier molecular flexibility index (Phi) is 8.60. The standard InChI is InChI=1S/C21H34F2N2O7/c1-7-11-29-17(26)20(5,30-14-28-6)9-8-10-25-16-15(12-31-25)24(13-21(16,22)23)18(27)32-19(2,3)4/h7,15-16H,1,8-14H2,2-6H3. The molecule has 1 amide bonds. The second-order valence-corrected chi connectivity index (χ2v) is 9.09. The molecule has 0 aliphatic carbocycles. The Morgan fingerprint density at radius 3 is 2.56 bits per heavy atom. The fourth-order valence-electron chi connectivity index (χ4n) is 3.73. The molecule has 0 aromatic heterocycles. The summed E-state index contributed by atoms with van der Waals surface area (Å²) in [6, 6.07) is -2.12. The minimum Gasteiger partial charge on any atom is -0.459 e. The highest BCUT2D eigenvalue weighted by atomic mass is 19.3. The first-order valence-corrected chi connectivity index (χ1v) is 10.5. The second-order valence-electron chi connectivity index (χ2n) is 9.09. The van der Waals surface area contributed by atoms with Gasteiger partial charge in [-0.1, -0.05) is 12.7 Å². The van der Waals surface area contributed by atoms with Crippen molar-refractivity contribution in [1.82, 2.24) is 9.96 Å². The monoisotopic (exact) mass is 464 g/mol. The van der Waals surface area contributed by atoms with Crippen LogP contribution < -0.4 is 0 Å². The van der Waals surface area contributed by atoms with Gasteiger partial charge < -0.3 is 18.9 Å². The summed E-state index contributed by atoms with van der Waals surface area (Å²) in [6.45, 7) is 9.30. The van der Waals surface area contributed by atoms with Crippen molar-refractivity contribution in [1.29, 1.82) is 0 Å². The van der Waals surface area contributed by atoms with Gasteiger partial charge in [-0.3, -0.25) is 9.74 Å². The molecule has 184 valence electrons. The van der Waals surface area contributed by atoms with Crippen molar-refractivity contribution in [2.75, 3.05) is 40.2 Å². The molecule has 2 saturated heterocycles. The van der Waals surface area contributed by atoms with Crippen LogP contribution in [0.1, 0.15) is 40.5 Å². The summed E-state index contributed by atoms with van der Waals surface area (Å²) in [5.41, 5.74) is -2.12. The quantitative estimate of drug-likeness (QED) is 0.277. The molecule has 0 aromatic carbocycles. The van der Waals surface area contributed by atoms with Gasteiger partial charge in [-0.2, -0.15) is 5.06 Å². The van der Waals surface area contributed by atoms with Gasteiger partial charge >= 0.3 is 12.1 Å². The Hall–Kier alpha value is -1.82. The zero-order chi connectivity index (χ0) is 24.2. The van der Waals surface area contributed by atoms with Crippen LogP contribution in [-0.2, 0) is 28.6 Å². The number of hydrogen-bond acceptors (Lipinski definition) is 8. The van der Waals surface area contributed by atoms with E-state index in [9.17, 15) is 18.4 Å². The predicted octanol–water partition coefficient (Wildman–Crippen LogP) is 2.75. The SMILES string of the molecule is C=CCOC(=O)C(C)(CCCN1OCC2C1C(F)(F)CN2C(=O)OC(C)(C)C)OCOC. The van der Waals surface area contributed by atoms with E-state index in [0.29, 0.717) is 6.42 Å². The van der Waals surface area contributed by atoms with Crippen molar-refractivity contribution < 1.29 is 42.2 Å². The predicted molar refractivity (Wildman–Crippen MR) is 110 cm³/mol. The van der Waals surface area contributed by atoms with Crippen LogP contribution in [0, 0.1) is 0 Å². The number of ether oxygens (including phenoxy) is 4. The first kappa shape index (κ1) is 26.4. The molecule has 3 unspecified atom stereocenters. The largest absolute Gasteiger partial charge is 0.459 e. The van der Waals surface area contributed by atoms with E-state index in [1.807, 2.05) is 0 Å². The van der Waals surface area contributed by atoms with E-state index in [2.05, 4.69) is 6.58 Å².